The van der Waals surface area contributed by atoms with Crippen LogP contribution in [0.2, 0.25) is 0 Å². The van der Waals surface area contributed by atoms with Crippen molar-refractivity contribution in [2.75, 3.05) is 58.7 Å². The molecule has 2 saturated heterocycles. The van der Waals surface area contributed by atoms with Crippen molar-refractivity contribution in [1.82, 2.24) is 9.21 Å². The Labute approximate surface area is 115 Å². The van der Waals surface area contributed by atoms with Crippen LogP contribution in [0.5, 0.6) is 0 Å². The third kappa shape index (κ3) is 3.88. The summed E-state index contributed by atoms with van der Waals surface area (Å²) in [5.74, 6) is 0. The second-order valence-corrected chi connectivity index (χ2v) is 7.78. The van der Waals surface area contributed by atoms with Crippen LogP contribution >= 0.6 is 0 Å². The van der Waals surface area contributed by atoms with Gasteiger partial charge in [-0.15, -0.1) is 0 Å². The number of ether oxygens (including phenoxy) is 1. The van der Waals surface area contributed by atoms with E-state index in [0.29, 0.717) is 19.6 Å². The Morgan fingerprint density at radius 3 is 2.42 bits per heavy atom. The van der Waals surface area contributed by atoms with Crippen molar-refractivity contribution in [3.05, 3.63) is 0 Å². The Kier molecular flexibility index (Phi) is 4.84. The van der Waals surface area contributed by atoms with Gasteiger partial charge in [0.25, 0.3) is 0 Å². The van der Waals surface area contributed by atoms with E-state index >= 15 is 0 Å². The fraction of sp³-hybridized carbons (Fsp3) is 1.00. The molecule has 6 nitrogen and oxygen atoms in total. The number of hydrogen-bond acceptors (Lipinski definition) is 5. The SMILES string of the molecule is CS(=O)(=O)N1CCN(CC2(CN)CCCOC2)CC1. The molecule has 19 heavy (non-hydrogen) atoms. The first-order valence-electron chi connectivity index (χ1n) is 6.91. The maximum atomic E-state index is 11.5. The van der Waals surface area contributed by atoms with Gasteiger partial charge < -0.3 is 15.4 Å². The summed E-state index contributed by atoms with van der Waals surface area (Å²) in [7, 11) is -3.05. The lowest BCUT2D eigenvalue weighted by Gasteiger charge is -2.42. The smallest absolute Gasteiger partial charge is 0.211 e. The molecule has 2 aliphatic rings. The van der Waals surface area contributed by atoms with Gasteiger partial charge >= 0.3 is 0 Å². The third-order valence-electron chi connectivity index (χ3n) is 4.20. The Morgan fingerprint density at radius 1 is 1.26 bits per heavy atom. The van der Waals surface area contributed by atoms with Crippen LogP contribution in [-0.2, 0) is 14.8 Å². The lowest BCUT2D eigenvalue weighted by atomic mass is 9.82. The number of sulfonamides is 1. The molecule has 112 valence electrons. The van der Waals surface area contributed by atoms with E-state index in [1.807, 2.05) is 0 Å². The van der Waals surface area contributed by atoms with Gasteiger partial charge in [0.15, 0.2) is 0 Å². The first kappa shape index (κ1) is 15.2. The van der Waals surface area contributed by atoms with Gasteiger partial charge in [0.2, 0.25) is 10.0 Å². The van der Waals surface area contributed by atoms with Crippen LogP contribution in [0.4, 0.5) is 0 Å². The highest BCUT2D eigenvalue weighted by Gasteiger charge is 2.35. The summed E-state index contributed by atoms with van der Waals surface area (Å²) in [6, 6.07) is 0. The predicted octanol–water partition coefficient (Wildman–Crippen LogP) is -0.681. The predicted molar refractivity (Wildman–Crippen MR) is 74.4 cm³/mol. The van der Waals surface area contributed by atoms with E-state index in [0.717, 1.165) is 45.7 Å². The first-order chi connectivity index (χ1) is 8.95. The fourth-order valence-electron chi connectivity index (χ4n) is 2.95. The second kappa shape index (κ2) is 6.05. The summed E-state index contributed by atoms with van der Waals surface area (Å²) >= 11 is 0. The van der Waals surface area contributed by atoms with Gasteiger partial charge in [-0.2, -0.15) is 4.31 Å². The van der Waals surface area contributed by atoms with E-state index in [2.05, 4.69) is 4.90 Å². The van der Waals surface area contributed by atoms with Gasteiger partial charge in [-0.25, -0.2) is 8.42 Å². The molecule has 0 bridgehead atoms. The maximum Gasteiger partial charge on any atom is 0.211 e. The Balaban J connectivity index is 1.88. The van der Waals surface area contributed by atoms with Gasteiger partial charge in [-0.05, 0) is 12.8 Å². The summed E-state index contributed by atoms with van der Waals surface area (Å²) in [6.45, 7) is 5.87. The standard InChI is InChI=1S/C12H25N3O3S/c1-19(16,17)15-6-4-14(5-7-15)10-12(9-13)3-2-8-18-11-12/h2-11,13H2,1H3. The van der Waals surface area contributed by atoms with Crippen LogP contribution in [0.3, 0.4) is 0 Å². The van der Waals surface area contributed by atoms with Gasteiger partial charge in [0.05, 0.1) is 12.9 Å². The number of hydrogen-bond donors (Lipinski definition) is 1. The molecule has 2 rings (SSSR count). The van der Waals surface area contributed by atoms with Crippen molar-refractivity contribution in [1.29, 1.82) is 0 Å². The molecule has 0 aliphatic carbocycles. The topological polar surface area (TPSA) is 75.9 Å². The fourth-order valence-corrected chi connectivity index (χ4v) is 3.78. The Bertz CT molecular complexity index is 385. The minimum atomic E-state index is -3.05. The van der Waals surface area contributed by atoms with Crippen molar-refractivity contribution < 1.29 is 13.2 Å². The molecule has 2 N–H and O–H groups in total. The Hall–Kier alpha value is -0.210. The van der Waals surface area contributed by atoms with Gasteiger partial charge in [-0.1, -0.05) is 0 Å². The molecule has 0 aromatic rings. The highest BCUT2D eigenvalue weighted by molar-refractivity contribution is 7.88. The molecule has 7 heteroatoms. The first-order valence-corrected chi connectivity index (χ1v) is 8.75. The summed E-state index contributed by atoms with van der Waals surface area (Å²) in [5, 5.41) is 0. The Morgan fingerprint density at radius 2 is 1.95 bits per heavy atom. The molecule has 0 aromatic heterocycles. The minimum Gasteiger partial charge on any atom is -0.381 e. The van der Waals surface area contributed by atoms with Gasteiger partial charge in [-0.3, -0.25) is 0 Å². The van der Waals surface area contributed by atoms with Crippen molar-refractivity contribution in [3.63, 3.8) is 0 Å². The monoisotopic (exact) mass is 291 g/mol. The highest BCUT2D eigenvalue weighted by Crippen LogP contribution is 2.29. The van der Waals surface area contributed by atoms with Crippen molar-refractivity contribution >= 4 is 10.0 Å². The molecule has 0 radical (unpaired) electrons. The van der Waals surface area contributed by atoms with Gasteiger partial charge in [0.1, 0.15) is 0 Å². The number of nitrogens with zero attached hydrogens (tertiary/aromatic N) is 2. The molecule has 0 amide bonds. The zero-order valence-corrected chi connectivity index (χ0v) is 12.5. The maximum absolute atomic E-state index is 11.5. The quantitative estimate of drug-likeness (QED) is 0.743. The molecule has 2 heterocycles. The molecule has 0 aromatic carbocycles. The molecule has 2 aliphatic heterocycles. The van der Waals surface area contributed by atoms with E-state index in [1.54, 1.807) is 4.31 Å². The lowest BCUT2D eigenvalue weighted by Crippen LogP contribution is -2.54. The van der Waals surface area contributed by atoms with Crippen molar-refractivity contribution in [2.24, 2.45) is 11.1 Å². The molecule has 1 atom stereocenters. The number of nitrogens with two attached hydrogens (primary N) is 1. The van der Waals surface area contributed by atoms with Crippen molar-refractivity contribution in [3.8, 4) is 0 Å². The van der Waals surface area contributed by atoms with E-state index < -0.39 is 10.0 Å². The molecular formula is C12H25N3O3S. The van der Waals surface area contributed by atoms with E-state index in [9.17, 15) is 8.42 Å². The van der Waals surface area contributed by atoms with Crippen LogP contribution in [0.15, 0.2) is 0 Å². The molecule has 1 unspecified atom stereocenters. The van der Waals surface area contributed by atoms with E-state index in [4.69, 9.17) is 10.5 Å². The number of piperazine rings is 1. The van der Waals surface area contributed by atoms with Crippen LogP contribution in [0.25, 0.3) is 0 Å². The lowest BCUT2D eigenvalue weighted by molar-refractivity contribution is -0.0256. The largest absolute Gasteiger partial charge is 0.381 e. The van der Waals surface area contributed by atoms with Crippen molar-refractivity contribution in [2.45, 2.75) is 12.8 Å². The van der Waals surface area contributed by atoms with E-state index in [-0.39, 0.29) is 5.41 Å². The van der Waals surface area contributed by atoms with Crippen LogP contribution in [0, 0.1) is 5.41 Å². The molecule has 0 saturated carbocycles. The third-order valence-corrected chi connectivity index (χ3v) is 5.50. The molecular weight excluding hydrogens is 266 g/mol. The van der Waals surface area contributed by atoms with Crippen LogP contribution in [0.1, 0.15) is 12.8 Å². The summed E-state index contributed by atoms with van der Waals surface area (Å²) in [4.78, 5) is 2.32. The van der Waals surface area contributed by atoms with Gasteiger partial charge in [0, 0.05) is 51.3 Å². The second-order valence-electron chi connectivity index (χ2n) is 5.80. The minimum absolute atomic E-state index is 0.0610. The normalized spacial score (nSPS) is 31.5. The average molecular weight is 291 g/mol. The van der Waals surface area contributed by atoms with Crippen LogP contribution < -0.4 is 5.73 Å². The number of rotatable bonds is 4. The zero-order valence-electron chi connectivity index (χ0n) is 11.7. The zero-order chi connectivity index (χ0) is 13.9. The highest BCUT2D eigenvalue weighted by atomic mass is 32.2. The average Bonchev–Trinajstić information content (AvgIpc) is 2.39. The summed E-state index contributed by atoms with van der Waals surface area (Å²) in [6.07, 6.45) is 3.45. The van der Waals surface area contributed by atoms with Crippen LogP contribution in [-0.4, -0.2) is 76.4 Å². The molecule has 0 spiro atoms. The summed E-state index contributed by atoms with van der Waals surface area (Å²) in [5.41, 5.74) is 6.00. The molecule has 2 fully saturated rings. The van der Waals surface area contributed by atoms with E-state index in [1.165, 1.54) is 6.26 Å². The summed E-state index contributed by atoms with van der Waals surface area (Å²) < 4.78 is 30.1.